The predicted octanol–water partition coefficient (Wildman–Crippen LogP) is 0.631. The molecule has 0 aliphatic heterocycles. The predicted molar refractivity (Wildman–Crippen MR) is 69.3 cm³/mol. The molecule has 1 atom stereocenters. The van der Waals surface area contributed by atoms with Crippen LogP contribution >= 0.6 is 0 Å². The van der Waals surface area contributed by atoms with Crippen molar-refractivity contribution in [3.63, 3.8) is 0 Å². The van der Waals surface area contributed by atoms with Crippen molar-refractivity contribution in [3.8, 4) is 0 Å². The summed E-state index contributed by atoms with van der Waals surface area (Å²) in [5.41, 5.74) is 1.04. The van der Waals surface area contributed by atoms with Crippen molar-refractivity contribution >= 4 is 17.5 Å². The molecule has 0 aromatic carbocycles. The van der Waals surface area contributed by atoms with Crippen LogP contribution in [0.1, 0.15) is 29.0 Å². The fraction of sp³-hybridized carbons (Fsp3) is 0.385. The third-order valence-electron chi connectivity index (χ3n) is 3.48. The number of rotatable bonds is 4. The van der Waals surface area contributed by atoms with Crippen LogP contribution in [0.25, 0.3) is 5.65 Å². The Morgan fingerprint density at radius 2 is 2.15 bits per heavy atom. The number of aliphatic carboxylic acids is 1. The minimum absolute atomic E-state index is 0.0526. The molecule has 1 unspecified atom stereocenters. The summed E-state index contributed by atoms with van der Waals surface area (Å²) in [6.45, 7) is 1.78. The van der Waals surface area contributed by atoms with E-state index in [9.17, 15) is 9.59 Å². The summed E-state index contributed by atoms with van der Waals surface area (Å²) in [6.07, 6.45) is 3.31. The topological polar surface area (TPSA) is 96.6 Å². The van der Waals surface area contributed by atoms with Gasteiger partial charge in [0.05, 0.1) is 5.56 Å². The zero-order chi connectivity index (χ0) is 14.3. The highest BCUT2D eigenvalue weighted by Crippen LogP contribution is 2.32. The highest BCUT2D eigenvalue weighted by Gasteiger charge is 2.37. The van der Waals surface area contributed by atoms with Gasteiger partial charge in [-0.1, -0.05) is 0 Å². The molecule has 0 radical (unpaired) electrons. The number of hydrogen-bond acceptors (Lipinski definition) is 4. The Balaban J connectivity index is 1.84. The van der Waals surface area contributed by atoms with E-state index in [1.807, 2.05) is 0 Å². The summed E-state index contributed by atoms with van der Waals surface area (Å²) in [7, 11) is 0. The maximum atomic E-state index is 12.1. The third kappa shape index (κ3) is 2.22. The molecule has 2 aromatic rings. The number of carboxylic acids is 1. The molecule has 0 bridgehead atoms. The van der Waals surface area contributed by atoms with E-state index in [0.29, 0.717) is 17.0 Å². The van der Waals surface area contributed by atoms with E-state index >= 15 is 0 Å². The lowest BCUT2D eigenvalue weighted by Gasteiger charge is -2.13. The number of carboxylic acid groups (broad SMARTS) is 1. The van der Waals surface area contributed by atoms with Gasteiger partial charge in [0.25, 0.3) is 5.91 Å². The monoisotopic (exact) mass is 274 g/mol. The van der Waals surface area contributed by atoms with E-state index < -0.39 is 12.0 Å². The van der Waals surface area contributed by atoms with Crippen LogP contribution in [-0.2, 0) is 4.79 Å². The molecular formula is C13H14N4O3. The first-order chi connectivity index (χ1) is 9.56. The number of aryl methyl sites for hydroxylation is 1. The lowest BCUT2D eigenvalue weighted by molar-refractivity contribution is -0.139. The average Bonchev–Trinajstić information content (AvgIpc) is 3.20. The zero-order valence-corrected chi connectivity index (χ0v) is 10.9. The smallest absolute Gasteiger partial charge is 0.326 e. The maximum Gasteiger partial charge on any atom is 0.326 e. The number of carbonyl (C=O) groups excluding carboxylic acids is 1. The molecule has 104 valence electrons. The van der Waals surface area contributed by atoms with Crippen molar-refractivity contribution < 1.29 is 14.7 Å². The molecule has 1 aliphatic rings. The molecular weight excluding hydrogens is 260 g/mol. The number of carbonyl (C=O) groups is 2. The van der Waals surface area contributed by atoms with Crippen molar-refractivity contribution in [1.29, 1.82) is 0 Å². The highest BCUT2D eigenvalue weighted by atomic mass is 16.4. The maximum absolute atomic E-state index is 12.1. The van der Waals surface area contributed by atoms with Gasteiger partial charge in [0.15, 0.2) is 5.65 Å². The fourth-order valence-electron chi connectivity index (χ4n) is 2.18. The van der Waals surface area contributed by atoms with Crippen LogP contribution in [0.15, 0.2) is 18.3 Å². The van der Waals surface area contributed by atoms with Gasteiger partial charge in [-0.2, -0.15) is 0 Å². The molecule has 2 heterocycles. The molecule has 2 N–H and O–H groups in total. The molecule has 2 aromatic heterocycles. The number of aromatic nitrogens is 3. The fourth-order valence-corrected chi connectivity index (χ4v) is 2.18. The van der Waals surface area contributed by atoms with Crippen LogP contribution in [0.2, 0.25) is 0 Å². The van der Waals surface area contributed by atoms with Crippen LogP contribution in [-0.4, -0.2) is 37.6 Å². The zero-order valence-electron chi connectivity index (χ0n) is 10.9. The Morgan fingerprint density at radius 1 is 1.40 bits per heavy atom. The van der Waals surface area contributed by atoms with Crippen molar-refractivity contribution in [2.45, 2.75) is 25.8 Å². The molecule has 0 saturated heterocycles. The normalized spacial score (nSPS) is 16.1. The van der Waals surface area contributed by atoms with Gasteiger partial charge in [0, 0.05) is 6.20 Å². The Kier molecular flexibility index (Phi) is 2.89. The first-order valence-electron chi connectivity index (χ1n) is 6.41. The Labute approximate surface area is 114 Å². The Morgan fingerprint density at radius 3 is 2.80 bits per heavy atom. The summed E-state index contributed by atoms with van der Waals surface area (Å²) in [4.78, 5) is 23.3. The van der Waals surface area contributed by atoms with Crippen molar-refractivity contribution in [2.75, 3.05) is 0 Å². The molecule has 7 nitrogen and oxygen atoms in total. The molecule has 3 rings (SSSR count). The minimum Gasteiger partial charge on any atom is -0.480 e. The number of pyridine rings is 1. The Bertz CT molecular complexity index is 690. The largest absolute Gasteiger partial charge is 0.480 e. The van der Waals surface area contributed by atoms with Gasteiger partial charge in [-0.15, -0.1) is 10.2 Å². The van der Waals surface area contributed by atoms with E-state index in [1.165, 1.54) is 0 Å². The van der Waals surface area contributed by atoms with Crippen LogP contribution in [0, 0.1) is 12.8 Å². The van der Waals surface area contributed by atoms with Gasteiger partial charge in [-0.3, -0.25) is 9.20 Å². The molecule has 1 fully saturated rings. The van der Waals surface area contributed by atoms with E-state index in [2.05, 4.69) is 15.5 Å². The lowest BCUT2D eigenvalue weighted by Crippen LogP contribution is -2.42. The second kappa shape index (κ2) is 4.59. The van der Waals surface area contributed by atoms with E-state index in [4.69, 9.17) is 5.11 Å². The highest BCUT2D eigenvalue weighted by molar-refractivity contribution is 5.96. The standard InChI is InChI=1S/C13H14N4O3/c1-7-15-16-10-5-4-9(6-17(7)10)12(18)14-11(13(19)20)8-2-3-8/h4-6,8,11H,2-3H2,1H3,(H,14,18)(H,19,20). The number of amides is 1. The van der Waals surface area contributed by atoms with Gasteiger partial charge in [-0.25, -0.2) is 4.79 Å². The van der Waals surface area contributed by atoms with E-state index in [1.54, 1.807) is 29.7 Å². The molecule has 1 amide bonds. The van der Waals surface area contributed by atoms with E-state index in [-0.39, 0.29) is 11.8 Å². The number of nitrogens with zero attached hydrogens (tertiary/aromatic N) is 3. The first kappa shape index (κ1) is 12.6. The first-order valence-corrected chi connectivity index (χ1v) is 6.41. The summed E-state index contributed by atoms with van der Waals surface area (Å²) < 4.78 is 1.70. The number of fused-ring (bicyclic) bond motifs is 1. The van der Waals surface area contributed by atoms with Crippen molar-refractivity contribution in [1.82, 2.24) is 19.9 Å². The summed E-state index contributed by atoms with van der Waals surface area (Å²) in [5, 5.41) is 19.5. The summed E-state index contributed by atoms with van der Waals surface area (Å²) in [5.74, 6) is -0.648. The Hall–Kier alpha value is -2.44. The van der Waals surface area contributed by atoms with Crippen LogP contribution in [0.4, 0.5) is 0 Å². The number of hydrogen-bond donors (Lipinski definition) is 2. The van der Waals surface area contributed by atoms with Gasteiger partial charge in [0.2, 0.25) is 0 Å². The molecule has 1 saturated carbocycles. The minimum atomic E-state index is -0.984. The molecule has 1 aliphatic carbocycles. The van der Waals surface area contributed by atoms with Crippen LogP contribution < -0.4 is 5.32 Å². The van der Waals surface area contributed by atoms with Crippen molar-refractivity contribution in [2.24, 2.45) is 5.92 Å². The van der Waals surface area contributed by atoms with Gasteiger partial charge >= 0.3 is 5.97 Å². The van der Waals surface area contributed by atoms with Crippen LogP contribution in [0.3, 0.4) is 0 Å². The summed E-state index contributed by atoms with van der Waals surface area (Å²) in [6, 6.07) is 2.49. The molecule has 20 heavy (non-hydrogen) atoms. The van der Waals surface area contributed by atoms with Gasteiger partial charge in [0.1, 0.15) is 11.9 Å². The lowest BCUT2D eigenvalue weighted by atomic mass is 10.1. The van der Waals surface area contributed by atoms with Crippen molar-refractivity contribution in [3.05, 3.63) is 29.7 Å². The van der Waals surface area contributed by atoms with E-state index in [0.717, 1.165) is 12.8 Å². The van der Waals surface area contributed by atoms with Gasteiger partial charge in [-0.05, 0) is 37.8 Å². The average molecular weight is 274 g/mol. The quantitative estimate of drug-likeness (QED) is 0.852. The summed E-state index contributed by atoms with van der Waals surface area (Å²) >= 11 is 0. The second-order valence-electron chi connectivity index (χ2n) is 5.02. The van der Waals surface area contributed by atoms with Gasteiger partial charge < -0.3 is 10.4 Å². The molecule has 7 heteroatoms. The SMILES string of the molecule is Cc1nnc2ccc(C(=O)NC(C(=O)O)C3CC3)cn12. The van der Waals surface area contributed by atoms with Crippen LogP contribution in [0.5, 0.6) is 0 Å². The second-order valence-corrected chi connectivity index (χ2v) is 5.02. The number of nitrogens with one attached hydrogen (secondary N) is 1. The molecule has 0 spiro atoms. The third-order valence-corrected chi connectivity index (χ3v) is 3.48.